The summed E-state index contributed by atoms with van der Waals surface area (Å²) in [5.74, 6) is 0.132. The summed E-state index contributed by atoms with van der Waals surface area (Å²) >= 11 is 0. The molecule has 0 unspecified atom stereocenters. The van der Waals surface area contributed by atoms with Crippen LogP contribution in [0.3, 0.4) is 0 Å². The number of rotatable bonds is 8. The van der Waals surface area contributed by atoms with E-state index in [1.54, 1.807) is 0 Å². The molecule has 0 aromatic carbocycles. The minimum Gasteiger partial charge on any atom is -0.395 e. The number of hydrogen-bond donors (Lipinski definition) is 1. The predicted molar refractivity (Wildman–Crippen MR) is 71.4 cm³/mol. The molecular formula is C14H27NO3. The van der Waals surface area contributed by atoms with Crippen molar-refractivity contribution in [3.63, 3.8) is 0 Å². The minimum atomic E-state index is 0.0536. The maximum absolute atomic E-state index is 12.1. The summed E-state index contributed by atoms with van der Waals surface area (Å²) in [4.78, 5) is 14.0. The molecule has 0 aromatic rings. The summed E-state index contributed by atoms with van der Waals surface area (Å²) in [5.41, 5.74) is 0. The van der Waals surface area contributed by atoms with Gasteiger partial charge in [0.15, 0.2) is 0 Å². The van der Waals surface area contributed by atoms with E-state index in [4.69, 9.17) is 9.84 Å². The fraction of sp³-hybridized carbons (Fsp3) is 0.929. The molecule has 18 heavy (non-hydrogen) atoms. The van der Waals surface area contributed by atoms with Gasteiger partial charge in [0.05, 0.1) is 19.6 Å². The topological polar surface area (TPSA) is 49.8 Å². The first kappa shape index (κ1) is 15.4. The highest BCUT2D eigenvalue weighted by atomic mass is 16.5. The van der Waals surface area contributed by atoms with Gasteiger partial charge in [0.1, 0.15) is 0 Å². The molecule has 4 heteroatoms. The Morgan fingerprint density at radius 2 is 2.00 bits per heavy atom. The van der Waals surface area contributed by atoms with E-state index < -0.39 is 0 Å². The zero-order valence-electron chi connectivity index (χ0n) is 11.6. The lowest BCUT2D eigenvalue weighted by Crippen LogP contribution is -2.43. The number of nitrogens with zero attached hydrogens (tertiary/aromatic N) is 1. The Balaban J connectivity index is 2.36. The van der Waals surface area contributed by atoms with E-state index in [9.17, 15) is 4.79 Å². The van der Waals surface area contributed by atoms with E-state index in [0.717, 1.165) is 25.9 Å². The van der Waals surface area contributed by atoms with Crippen molar-refractivity contribution in [2.75, 3.05) is 26.4 Å². The summed E-state index contributed by atoms with van der Waals surface area (Å²) in [6.45, 7) is 3.80. The molecule has 1 aliphatic carbocycles. The molecule has 1 rings (SSSR count). The molecule has 1 N–H and O–H groups in total. The zero-order valence-corrected chi connectivity index (χ0v) is 11.6. The summed E-state index contributed by atoms with van der Waals surface area (Å²) in [7, 11) is 0. The molecule has 1 aliphatic rings. The molecule has 106 valence electrons. The third-order valence-electron chi connectivity index (χ3n) is 3.49. The standard InChI is InChI=1S/C14H27NO3/c1-2-11-18-12-8-14(17)15(9-10-16)13-6-4-3-5-7-13/h13,16H,2-12H2,1H3. The Morgan fingerprint density at radius 3 is 2.61 bits per heavy atom. The van der Waals surface area contributed by atoms with Gasteiger partial charge in [-0.15, -0.1) is 0 Å². The van der Waals surface area contributed by atoms with Gasteiger partial charge in [0.25, 0.3) is 0 Å². The van der Waals surface area contributed by atoms with Crippen LogP contribution in [0.4, 0.5) is 0 Å². The van der Waals surface area contributed by atoms with Crippen LogP contribution < -0.4 is 0 Å². The van der Waals surface area contributed by atoms with Crippen LogP contribution in [0.15, 0.2) is 0 Å². The van der Waals surface area contributed by atoms with Crippen LogP contribution in [0.1, 0.15) is 51.9 Å². The SMILES string of the molecule is CCCOCCC(=O)N(CCO)C1CCCCC1. The molecular weight excluding hydrogens is 230 g/mol. The van der Waals surface area contributed by atoms with Crippen molar-refractivity contribution in [1.82, 2.24) is 4.90 Å². The second-order valence-corrected chi connectivity index (χ2v) is 4.96. The van der Waals surface area contributed by atoms with Crippen LogP contribution >= 0.6 is 0 Å². The Kier molecular flexibility index (Phi) is 8.01. The highest BCUT2D eigenvalue weighted by Gasteiger charge is 2.24. The maximum atomic E-state index is 12.1. The first-order chi connectivity index (χ1) is 8.79. The second kappa shape index (κ2) is 9.34. The third kappa shape index (κ3) is 5.36. The molecule has 0 saturated heterocycles. The number of aliphatic hydroxyl groups is 1. The van der Waals surface area contributed by atoms with Gasteiger partial charge in [0, 0.05) is 19.2 Å². The van der Waals surface area contributed by atoms with Gasteiger partial charge in [-0.1, -0.05) is 26.2 Å². The Hall–Kier alpha value is -0.610. The fourth-order valence-corrected chi connectivity index (χ4v) is 2.56. The molecule has 0 aromatic heterocycles. The monoisotopic (exact) mass is 257 g/mol. The third-order valence-corrected chi connectivity index (χ3v) is 3.49. The van der Waals surface area contributed by atoms with Gasteiger partial charge < -0.3 is 14.7 Å². The van der Waals surface area contributed by atoms with Crippen LogP contribution in [-0.2, 0) is 9.53 Å². The van der Waals surface area contributed by atoms with E-state index in [0.29, 0.717) is 25.6 Å². The Labute approximate surface area is 110 Å². The predicted octanol–water partition coefficient (Wildman–Crippen LogP) is 1.96. The van der Waals surface area contributed by atoms with Gasteiger partial charge in [-0.25, -0.2) is 0 Å². The number of hydrogen-bond acceptors (Lipinski definition) is 3. The number of carbonyl (C=O) groups excluding carboxylic acids is 1. The lowest BCUT2D eigenvalue weighted by atomic mass is 9.94. The Morgan fingerprint density at radius 1 is 1.28 bits per heavy atom. The largest absolute Gasteiger partial charge is 0.395 e. The number of amides is 1. The molecule has 1 amide bonds. The van der Waals surface area contributed by atoms with Crippen LogP contribution in [0.5, 0.6) is 0 Å². The molecule has 0 bridgehead atoms. The fourth-order valence-electron chi connectivity index (χ4n) is 2.56. The smallest absolute Gasteiger partial charge is 0.225 e. The van der Waals surface area contributed by atoms with Crippen molar-refractivity contribution >= 4 is 5.91 Å². The molecule has 0 radical (unpaired) electrons. The summed E-state index contributed by atoms with van der Waals surface area (Å²) in [6, 6.07) is 0.338. The zero-order chi connectivity index (χ0) is 13.2. The highest BCUT2D eigenvalue weighted by molar-refractivity contribution is 5.76. The van der Waals surface area contributed by atoms with Crippen LogP contribution in [0.25, 0.3) is 0 Å². The average Bonchev–Trinajstić information content (AvgIpc) is 2.41. The van der Waals surface area contributed by atoms with E-state index >= 15 is 0 Å². The van der Waals surface area contributed by atoms with Crippen molar-refractivity contribution in [3.05, 3.63) is 0 Å². The second-order valence-electron chi connectivity index (χ2n) is 4.96. The van der Waals surface area contributed by atoms with E-state index in [-0.39, 0.29) is 12.5 Å². The van der Waals surface area contributed by atoms with Crippen molar-refractivity contribution in [2.45, 2.75) is 57.9 Å². The molecule has 0 spiro atoms. The average molecular weight is 257 g/mol. The summed E-state index contributed by atoms with van der Waals surface area (Å²) in [6.07, 6.45) is 7.27. The van der Waals surface area contributed by atoms with E-state index in [1.807, 2.05) is 4.90 Å². The molecule has 1 fully saturated rings. The first-order valence-corrected chi connectivity index (χ1v) is 7.27. The van der Waals surface area contributed by atoms with Crippen LogP contribution in [-0.4, -0.2) is 48.3 Å². The molecule has 1 saturated carbocycles. The highest BCUT2D eigenvalue weighted by Crippen LogP contribution is 2.22. The maximum Gasteiger partial charge on any atom is 0.225 e. The number of aliphatic hydroxyl groups excluding tert-OH is 1. The molecule has 0 aliphatic heterocycles. The normalized spacial score (nSPS) is 16.8. The summed E-state index contributed by atoms with van der Waals surface area (Å²) in [5, 5.41) is 9.10. The van der Waals surface area contributed by atoms with Crippen molar-refractivity contribution in [1.29, 1.82) is 0 Å². The lowest BCUT2D eigenvalue weighted by Gasteiger charge is -2.34. The van der Waals surface area contributed by atoms with Gasteiger partial charge >= 0.3 is 0 Å². The molecule has 0 heterocycles. The van der Waals surface area contributed by atoms with Crippen molar-refractivity contribution in [2.24, 2.45) is 0 Å². The van der Waals surface area contributed by atoms with Gasteiger partial charge in [-0.2, -0.15) is 0 Å². The van der Waals surface area contributed by atoms with Gasteiger partial charge in [0.2, 0.25) is 5.91 Å². The van der Waals surface area contributed by atoms with E-state index in [1.165, 1.54) is 19.3 Å². The minimum absolute atomic E-state index is 0.0536. The molecule has 4 nitrogen and oxygen atoms in total. The summed E-state index contributed by atoms with van der Waals surface area (Å²) < 4.78 is 5.36. The van der Waals surface area contributed by atoms with Crippen molar-refractivity contribution < 1.29 is 14.6 Å². The Bertz CT molecular complexity index is 227. The van der Waals surface area contributed by atoms with Crippen LogP contribution in [0, 0.1) is 0 Å². The lowest BCUT2D eigenvalue weighted by molar-refractivity contribution is -0.136. The van der Waals surface area contributed by atoms with Gasteiger partial charge in [-0.3, -0.25) is 4.79 Å². The van der Waals surface area contributed by atoms with Crippen LogP contribution in [0.2, 0.25) is 0 Å². The van der Waals surface area contributed by atoms with Gasteiger partial charge in [-0.05, 0) is 19.3 Å². The van der Waals surface area contributed by atoms with E-state index in [2.05, 4.69) is 6.92 Å². The molecule has 0 atom stereocenters. The number of ether oxygens (including phenoxy) is 1. The first-order valence-electron chi connectivity index (χ1n) is 7.27. The number of carbonyl (C=O) groups is 1. The quantitative estimate of drug-likeness (QED) is 0.676. The van der Waals surface area contributed by atoms with Crippen molar-refractivity contribution in [3.8, 4) is 0 Å².